The lowest BCUT2D eigenvalue weighted by atomic mass is 9.99. The summed E-state index contributed by atoms with van der Waals surface area (Å²) >= 11 is 0. The van der Waals surface area contributed by atoms with Crippen LogP contribution in [-0.2, 0) is 21.2 Å². The average Bonchev–Trinajstić information content (AvgIpc) is 3.31. The molecule has 4 atom stereocenters. The second kappa shape index (κ2) is 12.4. The minimum Gasteiger partial charge on any atom is -0.392 e. The number of amides is 1. The first-order valence-corrected chi connectivity index (χ1v) is 13.5. The SMILES string of the molecule is Cc1cccc(S(=O)(=O)N(C[C@@H](O)[C@H](Cc2ccccc2)NC(=O)CC2C=CCC2)C[C@@H](C)O)c1. The minimum absolute atomic E-state index is 0.0991. The zero-order valence-electron chi connectivity index (χ0n) is 20.4. The summed E-state index contributed by atoms with van der Waals surface area (Å²) in [5.41, 5.74) is 1.71. The predicted molar refractivity (Wildman–Crippen MR) is 136 cm³/mol. The monoisotopic (exact) mass is 500 g/mol. The quantitative estimate of drug-likeness (QED) is 0.389. The highest BCUT2D eigenvalue weighted by atomic mass is 32.2. The highest BCUT2D eigenvalue weighted by Gasteiger charge is 2.32. The van der Waals surface area contributed by atoms with Crippen LogP contribution < -0.4 is 5.32 Å². The van der Waals surface area contributed by atoms with E-state index < -0.39 is 28.3 Å². The minimum atomic E-state index is -3.98. The summed E-state index contributed by atoms with van der Waals surface area (Å²) in [4.78, 5) is 12.9. The van der Waals surface area contributed by atoms with Crippen LogP contribution in [0.4, 0.5) is 0 Å². The molecule has 2 aromatic rings. The Balaban J connectivity index is 1.81. The number of carbonyl (C=O) groups excluding carboxylic acids is 1. The second-order valence-corrected chi connectivity index (χ2v) is 11.3. The van der Waals surface area contributed by atoms with Crippen molar-refractivity contribution in [1.29, 1.82) is 0 Å². The average molecular weight is 501 g/mol. The van der Waals surface area contributed by atoms with Gasteiger partial charge in [0.05, 0.1) is 23.1 Å². The molecule has 2 aromatic carbocycles. The lowest BCUT2D eigenvalue weighted by molar-refractivity contribution is -0.123. The summed E-state index contributed by atoms with van der Waals surface area (Å²) < 4.78 is 27.9. The molecule has 3 rings (SSSR count). The first kappa shape index (κ1) is 27.1. The number of nitrogens with zero attached hydrogens (tertiary/aromatic N) is 1. The standard InChI is InChI=1S/C27H36N2O5S/c1-20-9-8-14-24(15-20)35(33,34)29(18-21(2)30)19-26(31)25(16-22-10-4-3-5-11-22)28-27(32)17-23-12-6-7-13-23/h3-6,8-12,14-15,21,23,25-26,30-31H,7,13,16-19H2,1-2H3,(H,28,32)/t21-,23?,25+,26-/m1/s1. The number of allylic oxidation sites excluding steroid dienone is 2. The third-order valence-electron chi connectivity index (χ3n) is 6.16. The van der Waals surface area contributed by atoms with Crippen LogP contribution in [0.2, 0.25) is 0 Å². The Morgan fingerprint density at radius 1 is 1.11 bits per heavy atom. The summed E-state index contributed by atoms with van der Waals surface area (Å²) in [5, 5.41) is 24.2. The number of hydrogen-bond donors (Lipinski definition) is 3. The van der Waals surface area contributed by atoms with Gasteiger partial charge in [0.25, 0.3) is 0 Å². The highest BCUT2D eigenvalue weighted by Crippen LogP contribution is 2.21. The molecule has 1 aliphatic carbocycles. The van der Waals surface area contributed by atoms with Gasteiger partial charge in [0.2, 0.25) is 15.9 Å². The van der Waals surface area contributed by atoms with Gasteiger partial charge >= 0.3 is 0 Å². The Hall–Kier alpha value is -2.52. The molecule has 190 valence electrons. The van der Waals surface area contributed by atoms with Crippen LogP contribution in [0.25, 0.3) is 0 Å². The van der Waals surface area contributed by atoms with E-state index in [0.717, 1.165) is 28.3 Å². The van der Waals surface area contributed by atoms with E-state index in [1.54, 1.807) is 25.1 Å². The zero-order chi connectivity index (χ0) is 25.4. The summed E-state index contributed by atoms with van der Waals surface area (Å²) in [5.74, 6) is 0.00287. The van der Waals surface area contributed by atoms with E-state index in [1.807, 2.05) is 36.4 Å². The normalized spacial score (nSPS) is 18.4. The van der Waals surface area contributed by atoms with Gasteiger partial charge in [0.1, 0.15) is 0 Å². The molecule has 1 amide bonds. The molecule has 0 saturated carbocycles. The van der Waals surface area contributed by atoms with Crippen molar-refractivity contribution in [2.75, 3.05) is 13.1 Å². The lowest BCUT2D eigenvalue weighted by Gasteiger charge is -2.30. The van der Waals surface area contributed by atoms with Crippen LogP contribution in [0.15, 0.2) is 71.6 Å². The van der Waals surface area contributed by atoms with Gasteiger partial charge in [0, 0.05) is 19.5 Å². The highest BCUT2D eigenvalue weighted by molar-refractivity contribution is 7.89. The van der Waals surface area contributed by atoms with Crippen molar-refractivity contribution in [3.8, 4) is 0 Å². The van der Waals surface area contributed by atoms with E-state index in [9.17, 15) is 23.4 Å². The maximum atomic E-state index is 13.4. The fourth-order valence-electron chi connectivity index (χ4n) is 4.35. The van der Waals surface area contributed by atoms with E-state index >= 15 is 0 Å². The molecular formula is C27H36N2O5S. The Bertz CT molecular complexity index is 1100. The van der Waals surface area contributed by atoms with Gasteiger partial charge in [-0.05, 0) is 62.3 Å². The summed E-state index contributed by atoms with van der Waals surface area (Å²) in [6, 6.07) is 15.3. The topological polar surface area (TPSA) is 107 Å². The number of aryl methyl sites for hydroxylation is 1. The van der Waals surface area contributed by atoms with Crippen molar-refractivity contribution in [3.63, 3.8) is 0 Å². The molecule has 0 aromatic heterocycles. The van der Waals surface area contributed by atoms with Gasteiger partial charge in [-0.1, -0.05) is 54.6 Å². The van der Waals surface area contributed by atoms with Crippen molar-refractivity contribution in [1.82, 2.24) is 9.62 Å². The number of carbonyl (C=O) groups is 1. The third-order valence-corrected chi connectivity index (χ3v) is 7.98. The molecule has 1 aliphatic rings. The molecule has 0 bridgehead atoms. The third kappa shape index (κ3) is 8.00. The van der Waals surface area contributed by atoms with Gasteiger partial charge in [-0.25, -0.2) is 8.42 Å². The number of sulfonamides is 1. The molecule has 8 heteroatoms. The van der Waals surface area contributed by atoms with Gasteiger partial charge in [0.15, 0.2) is 0 Å². The summed E-state index contributed by atoms with van der Waals surface area (Å²) in [7, 11) is -3.98. The lowest BCUT2D eigenvalue weighted by Crippen LogP contribution is -2.51. The van der Waals surface area contributed by atoms with E-state index in [-0.39, 0.29) is 29.8 Å². The number of benzene rings is 2. The zero-order valence-corrected chi connectivity index (χ0v) is 21.2. The van der Waals surface area contributed by atoms with E-state index in [1.165, 1.54) is 13.0 Å². The molecule has 0 fully saturated rings. The van der Waals surface area contributed by atoms with Crippen LogP contribution in [0.5, 0.6) is 0 Å². The molecule has 1 unspecified atom stereocenters. The summed E-state index contributed by atoms with van der Waals surface area (Å²) in [6.45, 7) is 2.87. The first-order chi connectivity index (χ1) is 16.6. The number of hydrogen-bond acceptors (Lipinski definition) is 5. The fraction of sp³-hybridized carbons (Fsp3) is 0.444. The molecular weight excluding hydrogens is 464 g/mol. The van der Waals surface area contributed by atoms with Crippen molar-refractivity contribution in [2.24, 2.45) is 5.92 Å². The van der Waals surface area contributed by atoms with E-state index in [0.29, 0.717) is 12.8 Å². The van der Waals surface area contributed by atoms with Gasteiger partial charge in [-0.3, -0.25) is 4.79 Å². The van der Waals surface area contributed by atoms with Gasteiger partial charge in [-0.2, -0.15) is 4.31 Å². The Morgan fingerprint density at radius 3 is 2.49 bits per heavy atom. The largest absolute Gasteiger partial charge is 0.392 e. The molecule has 3 N–H and O–H groups in total. The van der Waals surface area contributed by atoms with E-state index in [4.69, 9.17) is 0 Å². The predicted octanol–water partition coefficient (Wildman–Crippen LogP) is 2.81. The van der Waals surface area contributed by atoms with Gasteiger partial charge in [-0.15, -0.1) is 0 Å². The first-order valence-electron chi connectivity index (χ1n) is 12.1. The number of aliphatic hydroxyl groups is 2. The molecule has 7 nitrogen and oxygen atoms in total. The molecule has 0 radical (unpaired) electrons. The van der Waals surface area contributed by atoms with Gasteiger partial charge < -0.3 is 15.5 Å². The molecule has 0 aliphatic heterocycles. The van der Waals surface area contributed by atoms with Crippen molar-refractivity contribution < 1.29 is 23.4 Å². The Morgan fingerprint density at radius 2 is 1.86 bits per heavy atom. The second-order valence-electron chi connectivity index (χ2n) is 9.39. The number of aliphatic hydroxyl groups excluding tert-OH is 2. The van der Waals surface area contributed by atoms with Crippen LogP contribution >= 0.6 is 0 Å². The van der Waals surface area contributed by atoms with Crippen molar-refractivity contribution in [3.05, 3.63) is 77.9 Å². The maximum Gasteiger partial charge on any atom is 0.243 e. The fourth-order valence-corrected chi connectivity index (χ4v) is 5.99. The maximum absolute atomic E-state index is 13.4. The molecule has 0 spiro atoms. The van der Waals surface area contributed by atoms with E-state index in [2.05, 4.69) is 11.4 Å². The molecule has 0 heterocycles. The van der Waals surface area contributed by atoms with Crippen LogP contribution in [0.3, 0.4) is 0 Å². The number of rotatable bonds is 12. The van der Waals surface area contributed by atoms with Crippen molar-refractivity contribution >= 4 is 15.9 Å². The molecule has 35 heavy (non-hydrogen) atoms. The smallest absolute Gasteiger partial charge is 0.243 e. The van der Waals surface area contributed by atoms with Crippen LogP contribution in [0.1, 0.15) is 37.3 Å². The Labute approximate surface area is 208 Å². The number of nitrogens with one attached hydrogen (secondary N) is 1. The van der Waals surface area contributed by atoms with Crippen LogP contribution in [-0.4, -0.2) is 60.2 Å². The molecule has 0 saturated heterocycles. The summed E-state index contributed by atoms with van der Waals surface area (Å²) in [6.07, 6.45) is 4.55. The Kier molecular flexibility index (Phi) is 9.63. The van der Waals surface area contributed by atoms with Crippen molar-refractivity contribution in [2.45, 2.75) is 62.7 Å². The van der Waals surface area contributed by atoms with Crippen LogP contribution in [0, 0.1) is 12.8 Å².